The van der Waals surface area contributed by atoms with Crippen molar-refractivity contribution < 1.29 is 19.1 Å². The normalized spacial score (nSPS) is 12.0. The van der Waals surface area contributed by atoms with E-state index in [4.69, 9.17) is 9.47 Å². The average Bonchev–Trinajstić information content (AvgIpc) is 2.84. The first-order chi connectivity index (χ1) is 17.1. The fourth-order valence-electron chi connectivity index (χ4n) is 4.47. The predicted octanol–water partition coefficient (Wildman–Crippen LogP) is 9.86. The Bertz CT molecular complexity index is 463. The molecule has 0 aromatic heterocycles. The molecule has 0 saturated carbocycles. The summed E-state index contributed by atoms with van der Waals surface area (Å²) < 4.78 is 10.7. The Hall–Kier alpha value is -1.06. The second-order valence-electron chi connectivity index (χ2n) is 10.6. The molecule has 0 unspecified atom stereocenters. The Balaban J connectivity index is 3.43. The highest BCUT2D eigenvalue weighted by atomic mass is 16.6. The van der Waals surface area contributed by atoms with Gasteiger partial charge in [0.25, 0.3) is 0 Å². The van der Waals surface area contributed by atoms with Gasteiger partial charge in [-0.1, -0.05) is 142 Å². The molecule has 0 heterocycles. The zero-order chi connectivity index (χ0) is 25.8. The van der Waals surface area contributed by atoms with E-state index in [0.717, 1.165) is 25.7 Å². The van der Waals surface area contributed by atoms with Gasteiger partial charge < -0.3 is 9.47 Å². The Morgan fingerprint density at radius 1 is 0.486 bits per heavy atom. The molecule has 208 valence electrons. The van der Waals surface area contributed by atoms with Crippen LogP contribution in [0.3, 0.4) is 0 Å². The van der Waals surface area contributed by atoms with Gasteiger partial charge in [-0.3, -0.25) is 9.59 Å². The Kier molecular flexibility index (Phi) is 26.7. The number of carbonyl (C=O) groups is 2. The van der Waals surface area contributed by atoms with Gasteiger partial charge in [0.05, 0.1) is 0 Å². The predicted molar refractivity (Wildman–Crippen MR) is 149 cm³/mol. The number of hydrogen-bond donors (Lipinski definition) is 0. The summed E-state index contributed by atoms with van der Waals surface area (Å²) in [4.78, 5) is 23.9. The van der Waals surface area contributed by atoms with Crippen molar-refractivity contribution in [3.63, 3.8) is 0 Å². The summed E-state index contributed by atoms with van der Waals surface area (Å²) in [7, 11) is 0. The topological polar surface area (TPSA) is 52.6 Å². The molecule has 0 rings (SSSR count). The molecule has 0 fully saturated rings. The average molecular weight is 497 g/mol. The van der Waals surface area contributed by atoms with Crippen molar-refractivity contribution in [1.82, 2.24) is 0 Å². The molecule has 35 heavy (non-hydrogen) atoms. The van der Waals surface area contributed by atoms with E-state index in [-0.39, 0.29) is 24.6 Å². The van der Waals surface area contributed by atoms with Crippen LogP contribution in [0.2, 0.25) is 0 Å². The van der Waals surface area contributed by atoms with Crippen molar-refractivity contribution in [3.05, 3.63) is 0 Å². The maximum Gasteiger partial charge on any atom is 0.306 e. The lowest BCUT2D eigenvalue weighted by Crippen LogP contribution is -2.22. The Morgan fingerprint density at radius 3 is 1.17 bits per heavy atom. The molecule has 0 aliphatic carbocycles. The van der Waals surface area contributed by atoms with Crippen LogP contribution in [0, 0.1) is 0 Å². The molecule has 0 spiro atoms. The molecular weight excluding hydrogens is 436 g/mol. The minimum Gasteiger partial charge on any atom is -0.462 e. The standard InChI is InChI=1S/C31H60O4/c1-4-6-8-10-12-14-16-18-20-22-24-26-30(32)34-28-29(3)35-31(33)27-25-23-21-19-17-15-13-11-9-7-5-2/h29H,4-28H2,1-3H3/t29-/m1/s1. The fourth-order valence-corrected chi connectivity index (χ4v) is 4.47. The highest BCUT2D eigenvalue weighted by molar-refractivity contribution is 5.70. The van der Waals surface area contributed by atoms with Crippen molar-refractivity contribution in [2.75, 3.05) is 6.61 Å². The van der Waals surface area contributed by atoms with Gasteiger partial charge in [-0.25, -0.2) is 0 Å². The molecule has 0 radical (unpaired) electrons. The number of ether oxygens (including phenoxy) is 2. The van der Waals surface area contributed by atoms with Crippen LogP contribution in [-0.4, -0.2) is 24.6 Å². The first kappa shape index (κ1) is 33.9. The molecule has 0 aromatic rings. The minimum atomic E-state index is -0.364. The quantitative estimate of drug-likeness (QED) is 0.0838. The van der Waals surface area contributed by atoms with Crippen molar-refractivity contribution in [3.8, 4) is 0 Å². The molecular formula is C31H60O4. The van der Waals surface area contributed by atoms with Crippen molar-refractivity contribution in [2.24, 2.45) is 0 Å². The summed E-state index contributed by atoms with van der Waals surface area (Å²) in [5, 5.41) is 0. The van der Waals surface area contributed by atoms with Crippen LogP contribution in [0.1, 0.15) is 175 Å². The molecule has 4 nitrogen and oxygen atoms in total. The summed E-state index contributed by atoms with van der Waals surface area (Å²) in [5.41, 5.74) is 0. The molecule has 0 aliphatic rings. The highest BCUT2D eigenvalue weighted by Crippen LogP contribution is 2.14. The number of esters is 2. The zero-order valence-electron chi connectivity index (χ0n) is 23.9. The Labute approximate surface area is 218 Å². The van der Waals surface area contributed by atoms with Gasteiger partial charge in [0, 0.05) is 12.8 Å². The van der Waals surface area contributed by atoms with Crippen molar-refractivity contribution in [2.45, 2.75) is 181 Å². The first-order valence-corrected chi connectivity index (χ1v) is 15.4. The Morgan fingerprint density at radius 2 is 0.800 bits per heavy atom. The molecule has 1 atom stereocenters. The van der Waals surface area contributed by atoms with Crippen LogP contribution >= 0.6 is 0 Å². The smallest absolute Gasteiger partial charge is 0.306 e. The summed E-state index contributed by atoms with van der Waals surface area (Å²) in [6.45, 7) is 6.48. The lowest BCUT2D eigenvalue weighted by molar-refractivity contribution is -0.158. The molecule has 0 saturated heterocycles. The maximum atomic E-state index is 12.0. The SMILES string of the molecule is CCCCCCCCCCCCCC(=O)OC[C@@H](C)OC(=O)CCCCCCCCCCCCC. The third-order valence-corrected chi connectivity index (χ3v) is 6.78. The summed E-state index contributed by atoms with van der Waals surface area (Å²) in [6.07, 6.45) is 28.5. The molecule has 0 amide bonds. The van der Waals surface area contributed by atoms with E-state index in [1.807, 2.05) is 0 Å². The van der Waals surface area contributed by atoms with Gasteiger partial charge in [0.2, 0.25) is 0 Å². The van der Waals surface area contributed by atoms with Crippen LogP contribution in [0.15, 0.2) is 0 Å². The van der Waals surface area contributed by atoms with Gasteiger partial charge in [-0.15, -0.1) is 0 Å². The lowest BCUT2D eigenvalue weighted by Gasteiger charge is -2.13. The summed E-state index contributed by atoms with van der Waals surface area (Å²) in [6, 6.07) is 0. The lowest BCUT2D eigenvalue weighted by atomic mass is 10.1. The van der Waals surface area contributed by atoms with Gasteiger partial charge in [0.15, 0.2) is 0 Å². The van der Waals surface area contributed by atoms with Crippen LogP contribution < -0.4 is 0 Å². The van der Waals surface area contributed by atoms with Gasteiger partial charge in [-0.05, 0) is 19.8 Å². The fraction of sp³-hybridized carbons (Fsp3) is 0.935. The molecule has 4 heteroatoms. The zero-order valence-corrected chi connectivity index (χ0v) is 23.9. The molecule has 0 N–H and O–H groups in total. The van der Waals surface area contributed by atoms with E-state index >= 15 is 0 Å². The maximum absolute atomic E-state index is 12.0. The van der Waals surface area contributed by atoms with E-state index in [9.17, 15) is 9.59 Å². The van der Waals surface area contributed by atoms with Gasteiger partial charge in [0.1, 0.15) is 12.7 Å². The highest BCUT2D eigenvalue weighted by Gasteiger charge is 2.12. The second kappa shape index (κ2) is 27.5. The van der Waals surface area contributed by atoms with Crippen LogP contribution in [0.4, 0.5) is 0 Å². The number of rotatable bonds is 27. The van der Waals surface area contributed by atoms with E-state index in [1.54, 1.807) is 6.92 Å². The number of carbonyl (C=O) groups excluding carboxylic acids is 2. The number of unbranched alkanes of at least 4 members (excludes halogenated alkanes) is 20. The van der Waals surface area contributed by atoms with E-state index in [0.29, 0.717) is 12.8 Å². The minimum absolute atomic E-state index is 0.168. The third-order valence-electron chi connectivity index (χ3n) is 6.78. The van der Waals surface area contributed by atoms with Gasteiger partial charge in [-0.2, -0.15) is 0 Å². The van der Waals surface area contributed by atoms with Crippen molar-refractivity contribution in [1.29, 1.82) is 0 Å². The van der Waals surface area contributed by atoms with E-state index in [2.05, 4.69) is 13.8 Å². The largest absolute Gasteiger partial charge is 0.462 e. The third kappa shape index (κ3) is 27.4. The molecule has 0 aromatic carbocycles. The van der Waals surface area contributed by atoms with Crippen LogP contribution in [0.5, 0.6) is 0 Å². The van der Waals surface area contributed by atoms with Crippen LogP contribution in [-0.2, 0) is 19.1 Å². The van der Waals surface area contributed by atoms with Crippen LogP contribution in [0.25, 0.3) is 0 Å². The molecule has 0 aliphatic heterocycles. The number of hydrogen-bond acceptors (Lipinski definition) is 4. The van der Waals surface area contributed by atoms with Gasteiger partial charge >= 0.3 is 11.9 Å². The first-order valence-electron chi connectivity index (χ1n) is 15.4. The van der Waals surface area contributed by atoms with E-state index in [1.165, 1.54) is 116 Å². The molecule has 0 bridgehead atoms. The second-order valence-corrected chi connectivity index (χ2v) is 10.6. The monoisotopic (exact) mass is 496 g/mol. The van der Waals surface area contributed by atoms with Crippen molar-refractivity contribution >= 4 is 11.9 Å². The van der Waals surface area contributed by atoms with E-state index < -0.39 is 0 Å². The summed E-state index contributed by atoms with van der Waals surface area (Å²) >= 11 is 0. The summed E-state index contributed by atoms with van der Waals surface area (Å²) in [5.74, 6) is -0.343.